The van der Waals surface area contributed by atoms with Gasteiger partial charge in [0.1, 0.15) is 18.1 Å². The molecule has 2 aromatic heterocycles. The van der Waals surface area contributed by atoms with Crippen LogP contribution in [-0.4, -0.2) is 58.2 Å². The van der Waals surface area contributed by atoms with Gasteiger partial charge in [0, 0.05) is 26.9 Å². The van der Waals surface area contributed by atoms with Crippen LogP contribution in [0.25, 0.3) is 0 Å². The second-order valence-corrected chi connectivity index (χ2v) is 6.50. The number of hydrogen-bond donors (Lipinski definition) is 5. The second-order valence-electron chi connectivity index (χ2n) is 6.50. The molecular weight excluding hydrogens is 402 g/mol. The first-order valence-electron chi connectivity index (χ1n) is 9.53. The second kappa shape index (κ2) is 10.2. The fraction of sp³-hybridized carbons (Fsp3) is 0.316. The Morgan fingerprint density at radius 1 is 1.23 bits per heavy atom. The Hall–Kier alpha value is -3.93. The summed E-state index contributed by atoms with van der Waals surface area (Å²) in [6, 6.07) is 0. The van der Waals surface area contributed by atoms with Crippen molar-refractivity contribution in [3.05, 3.63) is 48.2 Å². The van der Waals surface area contributed by atoms with E-state index in [9.17, 15) is 9.59 Å². The third kappa shape index (κ3) is 5.36. The molecule has 3 rings (SSSR count). The molecule has 2 amide bonds. The zero-order chi connectivity index (χ0) is 22.2. The number of anilines is 2. The van der Waals surface area contributed by atoms with Gasteiger partial charge in [0.25, 0.3) is 11.8 Å². The summed E-state index contributed by atoms with van der Waals surface area (Å²) in [5.41, 5.74) is 0.575. The standard InChI is InChI=1S/C19H23N9O3/c1-21-8-13(15(20)18(29)22-2)28-19(30)16-17(26-11-6-23-10-24-7-11)25-9-12(27-16)14-4-3-5-31-14/h6-10,14,20-21H,3-5H2,1-2H3,(H,22,29)(H,25,26)(H,28,30)/b13-8+,20-15?. The molecule has 2 aromatic rings. The molecule has 5 N–H and O–H groups in total. The summed E-state index contributed by atoms with van der Waals surface area (Å²) in [7, 11) is 2.99. The Kier molecular flexibility index (Phi) is 7.17. The number of nitrogens with zero attached hydrogens (tertiary/aromatic N) is 4. The van der Waals surface area contributed by atoms with Crippen molar-refractivity contribution >= 4 is 29.0 Å². The molecule has 0 bridgehead atoms. The molecule has 0 aromatic carbocycles. The van der Waals surface area contributed by atoms with Crippen molar-refractivity contribution in [2.24, 2.45) is 0 Å². The molecule has 12 heteroatoms. The quantitative estimate of drug-likeness (QED) is 0.376. The van der Waals surface area contributed by atoms with Crippen LogP contribution in [0.1, 0.15) is 35.1 Å². The van der Waals surface area contributed by atoms with Gasteiger partial charge in [-0.25, -0.2) is 19.9 Å². The molecule has 0 spiro atoms. The number of ether oxygens (including phenoxy) is 1. The normalized spacial score (nSPS) is 15.8. The Balaban J connectivity index is 1.93. The molecule has 12 nitrogen and oxygen atoms in total. The van der Waals surface area contributed by atoms with Gasteiger partial charge in [-0.1, -0.05) is 0 Å². The van der Waals surface area contributed by atoms with Gasteiger partial charge in [0.05, 0.1) is 35.7 Å². The molecule has 1 aliphatic rings. The SMILES string of the molecule is CN/C=C(/NC(=O)c1nc(C2CCCO2)cnc1Nc1cncnc1)C(=N)C(=O)NC. The van der Waals surface area contributed by atoms with Gasteiger partial charge in [-0.3, -0.25) is 15.0 Å². The van der Waals surface area contributed by atoms with Gasteiger partial charge in [-0.15, -0.1) is 0 Å². The van der Waals surface area contributed by atoms with E-state index in [0.717, 1.165) is 12.8 Å². The van der Waals surface area contributed by atoms with Gasteiger partial charge in [-0.2, -0.15) is 0 Å². The van der Waals surface area contributed by atoms with E-state index in [0.29, 0.717) is 18.0 Å². The molecule has 0 aliphatic carbocycles. The van der Waals surface area contributed by atoms with Gasteiger partial charge in [0.15, 0.2) is 11.5 Å². The maximum atomic E-state index is 13.1. The van der Waals surface area contributed by atoms with Crippen molar-refractivity contribution < 1.29 is 14.3 Å². The molecule has 0 radical (unpaired) electrons. The largest absolute Gasteiger partial charge is 0.392 e. The van der Waals surface area contributed by atoms with E-state index < -0.39 is 17.5 Å². The summed E-state index contributed by atoms with van der Waals surface area (Å²) in [5.74, 6) is -1.13. The van der Waals surface area contributed by atoms with Gasteiger partial charge in [-0.05, 0) is 12.8 Å². The molecule has 1 unspecified atom stereocenters. The predicted octanol–water partition coefficient (Wildman–Crippen LogP) is 0.418. The van der Waals surface area contributed by atoms with Crippen LogP contribution >= 0.6 is 0 Å². The number of carbonyl (C=O) groups excluding carboxylic acids is 2. The van der Waals surface area contributed by atoms with Crippen molar-refractivity contribution in [2.45, 2.75) is 18.9 Å². The maximum absolute atomic E-state index is 13.1. The molecule has 1 aliphatic heterocycles. The number of hydrogen-bond acceptors (Lipinski definition) is 10. The molecule has 162 valence electrons. The highest BCUT2D eigenvalue weighted by atomic mass is 16.5. The molecule has 1 fully saturated rings. The fourth-order valence-electron chi connectivity index (χ4n) is 2.86. The summed E-state index contributed by atoms with van der Waals surface area (Å²) in [5, 5.41) is 18.6. The predicted molar refractivity (Wildman–Crippen MR) is 112 cm³/mol. The lowest BCUT2D eigenvalue weighted by atomic mass is 10.2. The zero-order valence-electron chi connectivity index (χ0n) is 17.1. The van der Waals surface area contributed by atoms with Crippen molar-refractivity contribution in [2.75, 3.05) is 26.0 Å². The van der Waals surface area contributed by atoms with Crippen molar-refractivity contribution in [3.8, 4) is 0 Å². The van der Waals surface area contributed by atoms with Crippen LogP contribution in [0.4, 0.5) is 11.5 Å². The monoisotopic (exact) mass is 425 g/mol. The van der Waals surface area contributed by atoms with E-state index in [4.69, 9.17) is 10.1 Å². The average molecular weight is 425 g/mol. The van der Waals surface area contributed by atoms with E-state index in [-0.39, 0.29) is 23.3 Å². The van der Waals surface area contributed by atoms with E-state index in [2.05, 4.69) is 41.2 Å². The minimum atomic E-state index is -0.652. The maximum Gasteiger partial charge on any atom is 0.278 e. The number of nitrogens with one attached hydrogen (secondary N) is 5. The van der Waals surface area contributed by atoms with Crippen molar-refractivity contribution in [3.63, 3.8) is 0 Å². The van der Waals surface area contributed by atoms with Crippen molar-refractivity contribution in [1.29, 1.82) is 5.41 Å². The highest BCUT2D eigenvalue weighted by Crippen LogP contribution is 2.28. The lowest BCUT2D eigenvalue weighted by molar-refractivity contribution is -0.114. The topological polar surface area (TPSA) is 167 Å². The first-order chi connectivity index (χ1) is 15.0. The molecule has 31 heavy (non-hydrogen) atoms. The summed E-state index contributed by atoms with van der Waals surface area (Å²) >= 11 is 0. The van der Waals surface area contributed by atoms with Gasteiger partial charge >= 0.3 is 0 Å². The Bertz CT molecular complexity index is 988. The van der Waals surface area contributed by atoms with E-state index in [1.54, 1.807) is 13.2 Å². The number of carbonyl (C=O) groups is 2. The summed E-state index contributed by atoms with van der Waals surface area (Å²) in [4.78, 5) is 41.6. The highest BCUT2D eigenvalue weighted by molar-refractivity contribution is 6.44. The van der Waals surface area contributed by atoms with Crippen LogP contribution in [0.5, 0.6) is 0 Å². The molecule has 1 saturated heterocycles. The molecule has 1 atom stereocenters. The van der Waals surface area contributed by atoms with E-state index in [1.165, 1.54) is 32.0 Å². The average Bonchev–Trinajstić information content (AvgIpc) is 3.33. The number of amides is 2. The summed E-state index contributed by atoms with van der Waals surface area (Å²) in [6.45, 7) is 0.619. The third-order valence-electron chi connectivity index (χ3n) is 4.35. The van der Waals surface area contributed by atoms with Crippen molar-refractivity contribution in [1.82, 2.24) is 35.9 Å². The lowest BCUT2D eigenvalue weighted by Crippen LogP contribution is -2.37. The van der Waals surface area contributed by atoms with Crippen LogP contribution in [0.15, 0.2) is 36.8 Å². The van der Waals surface area contributed by atoms with Crippen LogP contribution in [0.2, 0.25) is 0 Å². The number of rotatable bonds is 8. The third-order valence-corrected chi connectivity index (χ3v) is 4.35. The number of aromatic nitrogens is 4. The van der Waals surface area contributed by atoms with Crippen LogP contribution < -0.4 is 21.3 Å². The van der Waals surface area contributed by atoms with Gasteiger partial charge in [0.2, 0.25) is 0 Å². The summed E-state index contributed by atoms with van der Waals surface area (Å²) < 4.78 is 5.65. The Morgan fingerprint density at radius 3 is 2.65 bits per heavy atom. The van der Waals surface area contributed by atoms with E-state index in [1.807, 2.05) is 0 Å². The smallest absolute Gasteiger partial charge is 0.278 e. The Morgan fingerprint density at radius 2 is 2.00 bits per heavy atom. The summed E-state index contributed by atoms with van der Waals surface area (Å²) in [6.07, 6.45) is 8.75. The molecule has 0 saturated carbocycles. The molecular formula is C19H23N9O3. The first-order valence-corrected chi connectivity index (χ1v) is 9.53. The Labute approximate surface area is 178 Å². The molecule has 3 heterocycles. The van der Waals surface area contributed by atoms with Crippen LogP contribution in [0.3, 0.4) is 0 Å². The minimum Gasteiger partial charge on any atom is -0.392 e. The zero-order valence-corrected chi connectivity index (χ0v) is 17.1. The van der Waals surface area contributed by atoms with E-state index >= 15 is 0 Å². The van der Waals surface area contributed by atoms with Crippen LogP contribution in [-0.2, 0) is 9.53 Å². The minimum absolute atomic E-state index is 0.0230. The first kappa shape index (κ1) is 21.8. The lowest BCUT2D eigenvalue weighted by Gasteiger charge is -2.15. The fourth-order valence-corrected chi connectivity index (χ4v) is 2.86. The van der Waals surface area contributed by atoms with Crippen LogP contribution in [0, 0.1) is 5.41 Å². The highest BCUT2D eigenvalue weighted by Gasteiger charge is 2.25. The van der Waals surface area contributed by atoms with Gasteiger partial charge < -0.3 is 26.0 Å².